The highest BCUT2D eigenvalue weighted by atomic mass is 16.1. The molecular formula is C15H16N2O. The second-order valence-corrected chi connectivity index (χ2v) is 4.97. The van der Waals surface area contributed by atoms with Gasteiger partial charge in [0.05, 0.1) is 5.52 Å². The lowest BCUT2D eigenvalue weighted by atomic mass is 9.94. The number of ketones is 1. The molecule has 0 saturated heterocycles. The minimum absolute atomic E-state index is 0.139. The molecule has 2 aromatic rings. The molecule has 0 fully saturated rings. The molecule has 3 nitrogen and oxygen atoms in total. The fraction of sp³-hybridized carbons (Fsp3) is 0.333. The van der Waals surface area contributed by atoms with Crippen molar-refractivity contribution in [3.8, 4) is 0 Å². The summed E-state index contributed by atoms with van der Waals surface area (Å²) in [5, 5.41) is 0.985. The van der Waals surface area contributed by atoms with Crippen LogP contribution in [0.1, 0.15) is 28.5 Å². The number of fused-ring (bicyclic) bond motifs is 2. The van der Waals surface area contributed by atoms with Gasteiger partial charge in [0.2, 0.25) is 0 Å². The topological polar surface area (TPSA) is 33.2 Å². The third-order valence-corrected chi connectivity index (χ3v) is 3.59. The SMILES string of the molecule is CC(=O)c1c2c(nc3ccccc13)CCN(C)C2. The standard InChI is InChI=1S/C15H16N2O/c1-10(18)15-11-5-3-4-6-13(11)16-14-7-8-17(2)9-12(14)15/h3-6H,7-9H2,1-2H3. The Hall–Kier alpha value is -1.74. The van der Waals surface area contributed by atoms with Gasteiger partial charge in [0, 0.05) is 36.2 Å². The van der Waals surface area contributed by atoms with Crippen molar-refractivity contribution >= 4 is 16.7 Å². The lowest BCUT2D eigenvalue weighted by Crippen LogP contribution is -2.29. The first-order valence-corrected chi connectivity index (χ1v) is 6.27. The predicted octanol–water partition coefficient (Wildman–Crippen LogP) is 2.43. The van der Waals surface area contributed by atoms with Gasteiger partial charge < -0.3 is 4.90 Å². The molecule has 92 valence electrons. The van der Waals surface area contributed by atoms with Crippen LogP contribution in [0.2, 0.25) is 0 Å². The van der Waals surface area contributed by atoms with Gasteiger partial charge >= 0.3 is 0 Å². The van der Waals surface area contributed by atoms with E-state index in [-0.39, 0.29) is 5.78 Å². The average molecular weight is 240 g/mol. The highest BCUT2D eigenvalue weighted by Crippen LogP contribution is 2.27. The van der Waals surface area contributed by atoms with Crippen molar-refractivity contribution < 1.29 is 4.79 Å². The number of nitrogens with zero attached hydrogens (tertiary/aromatic N) is 2. The molecule has 1 aromatic heterocycles. The number of para-hydroxylation sites is 1. The maximum atomic E-state index is 12.0. The minimum atomic E-state index is 0.139. The first-order valence-electron chi connectivity index (χ1n) is 6.27. The number of rotatable bonds is 1. The molecule has 1 aliphatic rings. The Kier molecular flexibility index (Phi) is 2.63. The van der Waals surface area contributed by atoms with Gasteiger partial charge in [-0.25, -0.2) is 0 Å². The van der Waals surface area contributed by atoms with Gasteiger partial charge in [0.25, 0.3) is 0 Å². The Bertz CT molecular complexity index is 634. The van der Waals surface area contributed by atoms with Crippen molar-refractivity contribution in [3.63, 3.8) is 0 Å². The zero-order chi connectivity index (χ0) is 12.7. The van der Waals surface area contributed by atoms with Crippen molar-refractivity contribution in [2.24, 2.45) is 0 Å². The van der Waals surface area contributed by atoms with E-state index in [1.54, 1.807) is 6.92 Å². The summed E-state index contributed by atoms with van der Waals surface area (Å²) in [7, 11) is 2.09. The summed E-state index contributed by atoms with van der Waals surface area (Å²) >= 11 is 0. The number of carbonyl (C=O) groups excluding carboxylic acids is 1. The van der Waals surface area contributed by atoms with E-state index < -0.39 is 0 Å². The number of carbonyl (C=O) groups is 1. The number of aromatic nitrogens is 1. The number of likely N-dealkylation sites (N-methyl/N-ethyl adjacent to an activating group) is 1. The normalized spacial score (nSPS) is 15.7. The summed E-state index contributed by atoms with van der Waals surface area (Å²) in [5.41, 5.74) is 4.01. The Balaban J connectivity index is 2.36. The zero-order valence-electron chi connectivity index (χ0n) is 10.7. The van der Waals surface area contributed by atoms with Crippen molar-refractivity contribution in [2.75, 3.05) is 13.6 Å². The van der Waals surface area contributed by atoms with Crippen LogP contribution in [0.25, 0.3) is 10.9 Å². The molecule has 0 unspecified atom stereocenters. The second-order valence-electron chi connectivity index (χ2n) is 4.97. The molecule has 3 heteroatoms. The lowest BCUT2D eigenvalue weighted by molar-refractivity contribution is 0.101. The van der Waals surface area contributed by atoms with Crippen LogP contribution in [0.4, 0.5) is 0 Å². The highest BCUT2D eigenvalue weighted by molar-refractivity contribution is 6.07. The fourth-order valence-corrected chi connectivity index (χ4v) is 2.73. The molecule has 0 spiro atoms. The molecule has 0 saturated carbocycles. The van der Waals surface area contributed by atoms with Gasteiger partial charge in [-0.2, -0.15) is 0 Å². The summed E-state index contributed by atoms with van der Waals surface area (Å²) in [4.78, 5) is 18.9. The third kappa shape index (κ3) is 1.71. The highest BCUT2D eigenvalue weighted by Gasteiger charge is 2.22. The quantitative estimate of drug-likeness (QED) is 0.718. The van der Waals surface area contributed by atoms with Gasteiger partial charge in [-0.1, -0.05) is 18.2 Å². The summed E-state index contributed by atoms with van der Waals surface area (Å²) in [6, 6.07) is 7.92. The Morgan fingerprint density at radius 2 is 2.11 bits per heavy atom. The van der Waals surface area contributed by atoms with Crippen molar-refractivity contribution in [3.05, 3.63) is 41.1 Å². The molecule has 3 rings (SSSR count). The van der Waals surface area contributed by atoms with Crippen molar-refractivity contribution in [2.45, 2.75) is 19.9 Å². The molecule has 0 N–H and O–H groups in total. The van der Waals surface area contributed by atoms with Crippen molar-refractivity contribution in [1.82, 2.24) is 9.88 Å². The maximum Gasteiger partial charge on any atom is 0.160 e. The third-order valence-electron chi connectivity index (χ3n) is 3.59. The monoisotopic (exact) mass is 240 g/mol. The van der Waals surface area contributed by atoms with Gasteiger partial charge in [-0.05, 0) is 25.6 Å². The molecule has 0 radical (unpaired) electrons. The number of hydrogen-bond acceptors (Lipinski definition) is 3. The van der Waals surface area contributed by atoms with Gasteiger partial charge in [-0.3, -0.25) is 9.78 Å². The second kappa shape index (κ2) is 4.18. The van der Waals surface area contributed by atoms with Crippen LogP contribution in [-0.2, 0) is 13.0 Å². The molecule has 1 aromatic carbocycles. The van der Waals surface area contributed by atoms with E-state index in [2.05, 4.69) is 11.9 Å². The molecular weight excluding hydrogens is 224 g/mol. The Morgan fingerprint density at radius 1 is 1.33 bits per heavy atom. The minimum Gasteiger partial charge on any atom is -0.302 e. The van der Waals surface area contributed by atoms with Crippen LogP contribution in [0.5, 0.6) is 0 Å². The molecule has 18 heavy (non-hydrogen) atoms. The molecule has 0 aliphatic carbocycles. The van der Waals surface area contributed by atoms with E-state index in [9.17, 15) is 4.79 Å². The zero-order valence-corrected chi connectivity index (χ0v) is 10.7. The predicted molar refractivity (Wildman–Crippen MR) is 71.8 cm³/mol. The van der Waals surface area contributed by atoms with Crippen LogP contribution in [0.15, 0.2) is 24.3 Å². The van der Waals surface area contributed by atoms with Crippen LogP contribution < -0.4 is 0 Å². The van der Waals surface area contributed by atoms with Crippen LogP contribution in [-0.4, -0.2) is 29.3 Å². The van der Waals surface area contributed by atoms with E-state index >= 15 is 0 Å². The number of Topliss-reactive ketones (excluding diaryl/α,β-unsaturated/α-hetero) is 1. The summed E-state index contributed by atoms with van der Waals surface area (Å²) in [5.74, 6) is 0.139. The molecule has 2 heterocycles. The smallest absolute Gasteiger partial charge is 0.160 e. The summed E-state index contributed by atoms with van der Waals surface area (Å²) in [6.07, 6.45) is 0.928. The van der Waals surface area contributed by atoms with Crippen LogP contribution in [0.3, 0.4) is 0 Å². The van der Waals surface area contributed by atoms with Gasteiger partial charge in [0.1, 0.15) is 0 Å². The maximum absolute atomic E-state index is 12.0. The van der Waals surface area contributed by atoms with E-state index in [0.717, 1.165) is 47.2 Å². The van der Waals surface area contributed by atoms with Gasteiger partial charge in [0.15, 0.2) is 5.78 Å². The Labute approximate surface area is 106 Å². The summed E-state index contributed by atoms with van der Waals surface area (Å²) < 4.78 is 0. The summed E-state index contributed by atoms with van der Waals surface area (Å²) in [6.45, 7) is 3.48. The van der Waals surface area contributed by atoms with E-state index in [4.69, 9.17) is 4.98 Å². The number of hydrogen-bond donors (Lipinski definition) is 0. The van der Waals surface area contributed by atoms with E-state index in [1.807, 2.05) is 24.3 Å². The number of benzene rings is 1. The largest absolute Gasteiger partial charge is 0.302 e. The van der Waals surface area contributed by atoms with Crippen molar-refractivity contribution in [1.29, 1.82) is 0 Å². The fourth-order valence-electron chi connectivity index (χ4n) is 2.73. The molecule has 0 bridgehead atoms. The van der Waals surface area contributed by atoms with Gasteiger partial charge in [-0.15, -0.1) is 0 Å². The first kappa shape index (κ1) is 11.4. The average Bonchev–Trinajstić information content (AvgIpc) is 2.35. The van der Waals surface area contributed by atoms with Crippen LogP contribution >= 0.6 is 0 Å². The molecule has 1 aliphatic heterocycles. The van der Waals surface area contributed by atoms with Crippen LogP contribution in [0, 0.1) is 0 Å². The Morgan fingerprint density at radius 3 is 2.89 bits per heavy atom. The van der Waals surface area contributed by atoms with E-state index in [1.165, 1.54) is 0 Å². The molecule has 0 atom stereocenters. The molecule has 0 amide bonds. The lowest BCUT2D eigenvalue weighted by Gasteiger charge is -2.26. The number of pyridine rings is 1. The van der Waals surface area contributed by atoms with E-state index in [0.29, 0.717) is 0 Å². The first-order chi connectivity index (χ1) is 8.66.